The third kappa shape index (κ3) is 3.29. The van der Waals surface area contributed by atoms with Gasteiger partial charge in [0.25, 0.3) is 0 Å². The summed E-state index contributed by atoms with van der Waals surface area (Å²) in [6.07, 6.45) is -0.687. The van der Waals surface area contributed by atoms with E-state index in [0.29, 0.717) is 13.2 Å². The van der Waals surface area contributed by atoms with E-state index < -0.39 is 17.7 Å². The number of ether oxygens (including phenoxy) is 1. The van der Waals surface area contributed by atoms with Gasteiger partial charge in [0.1, 0.15) is 11.1 Å². The van der Waals surface area contributed by atoms with Crippen molar-refractivity contribution in [3.8, 4) is 0 Å². The summed E-state index contributed by atoms with van der Waals surface area (Å²) in [6, 6.07) is 3.78. The maximum absolute atomic E-state index is 13.5. The number of halogens is 2. The molecule has 1 aromatic carbocycles. The number of benzene rings is 1. The van der Waals surface area contributed by atoms with Gasteiger partial charge in [0, 0.05) is 12.1 Å². The van der Waals surface area contributed by atoms with Crippen LogP contribution in [0.2, 0.25) is 0 Å². The number of amides is 1. The van der Waals surface area contributed by atoms with Crippen LogP contribution in [0.3, 0.4) is 0 Å². The van der Waals surface area contributed by atoms with Gasteiger partial charge in [0.2, 0.25) is 5.91 Å². The van der Waals surface area contributed by atoms with Crippen molar-refractivity contribution in [3.63, 3.8) is 0 Å². The van der Waals surface area contributed by atoms with Crippen LogP contribution in [0.4, 0.5) is 8.78 Å². The van der Waals surface area contributed by atoms with Gasteiger partial charge < -0.3 is 15.4 Å². The van der Waals surface area contributed by atoms with E-state index in [1.807, 2.05) is 0 Å². The predicted molar refractivity (Wildman–Crippen MR) is 73.2 cm³/mol. The molecule has 0 aromatic heterocycles. The molecule has 0 radical (unpaired) electrons. The monoisotopic (exact) mass is 300 g/mol. The molecule has 1 amide bonds. The van der Waals surface area contributed by atoms with Crippen LogP contribution in [0.1, 0.15) is 5.56 Å². The highest BCUT2D eigenvalue weighted by Gasteiger charge is 2.26. The molecule has 20 heavy (non-hydrogen) atoms. The summed E-state index contributed by atoms with van der Waals surface area (Å²) in [5, 5.41) is 0. The minimum Gasteiger partial charge on any atom is -0.391 e. The van der Waals surface area contributed by atoms with Gasteiger partial charge in [0.05, 0.1) is 19.6 Å². The zero-order valence-corrected chi connectivity index (χ0v) is 11.5. The molecule has 1 atom stereocenters. The third-order valence-corrected chi connectivity index (χ3v) is 3.37. The minimum atomic E-state index is -0.986. The normalized spacial score (nSPS) is 18.9. The molecule has 7 heteroatoms. The van der Waals surface area contributed by atoms with Crippen LogP contribution in [0.15, 0.2) is 18.2 Å². The molecule has 4 nitrogen and oxygen atoms in total. The van der Waals surface area contributed by atoms with Crippen molar-refractivity contribution in [1.82, 2.24) is 4.90 Å². The number of carbonyl (C=O) groups is 1. The average molecular weight is 300 g/mol. The van der Waals surface area contributed by atoms with Gasteiger partial charge in [-0.1, -0.05) is 24.4 Å². The van der Waals surface area contributed by atoms with E-state index in [2.05, 4.69) is 0 Å². The summed E-state index contributed by atoms with van der Waals surface area (Å²) in [6.45, 7) is 0.944. The van der Waals surface area contributed by atoms with E-state index >= 15 is 0 Å². The largest absolute Gasteiger partial charge is 0.391 e. The van der Waals surface area contributed by atoms with Crippen LogP contribution >= 0.6 is 12.2 Å². The fraction of sp³-hybridized carbons (Fsp3) is 0.385. The molecule has 0 bridgehead atoms. The molecule has 108 valence electrons. The standard InChI is InChI=1S/C13H14F2N2O2S/c14-9-3-1-2-8(12(9)15)6-11(18)17-4-5-19-10(7-17)13(16)20/h1-3,10H,4-7H2,(H2,16,20). The maximum atomic E-state index is 13.5. The lowest BCUT2D eigenvalue weighted by Crippen LogP contribution is -2.50. The third-order valence-electron chi connectivity index (χ3n) is 3.11. The molecule has 1 aliphatic rings. The fourth-order valence-corrected chi connectivity index (χ4v) is 2.15. The first-order valence-corrected chi connectivity index (χ1v) is 6.51. The van der Waals surface area contributed by atoms with Crippen molar-refractivity contribution in [2.24, 2.45) is 5.73 Å². The van der Waals surface area contributed by atoms with Crippen LogP contribution in [0, 0.1) is 11.6 Å². The number of carbonyl (C=O) groups excluding carboxylic acids is 1. The van der Waals surface area contributed by atoms with Gasteiger partial charge in [0.15, 0.2) is 11.6 Å². The van der Waals surface area contributed by atoms with Gasteiger partial charge in [-0.25, -0.2) is 8.78 Å². The first kappa shape index (κ1) is 14.8. The van der Waals surface area contributed by atoms with Crippen molar-refractivity contribution in [1.29, 1.82) is 0 Å². The first-order chi connectivity index (χ1) is 9.49. The number of hydrogen-bond acceptors (Lipinski definition) is 3. The average Bonchev–Trinajstić information content (AvgIpc) is 2.44. The second-order valence-electron chi connectivity index (χ2n) is 4.49. The molecule has 0 spiro atoms. The Balaban J connectivity index is 2.04. The predicted octanol–water partition coefficient (Wildman–Crippen LogP) is 1.02. The van der Waals surface area contributed by atoms with Crippen LogP contribution in [-0.4, -0.2) is 41.6 Å². The van der Waals surface area contributed by atoms with Crippen molar-refractivity contribution in [2.75, 3.05) is 19.7 Å². The van der Waals surface area contributed by atoms with Crippen molar-refractivity contribution >= 4 is 23.1 Å². The lowest BCUT2D eigenvalue weighted by molar-refractivity contribution is -0.135. The molecular weight excluding hydrogens is 286 g/mol. The highest BCUT2D eigenvalue weighted by molar-refractivity contribution is 7.80. The molecule has 1 heterocycles. The van der Waals surface area contributed by atoms with Gasteiger partial charge in [-0.05, 0) is 6.07 Å². The fourth-order valence-electron chi connectivity index (χ4n) is 2.01. The topological polar surface area (TPSA) is 55.6 Å². The molecule has 1 aromatic rings. The molecule has 1 saturated heterocycles. The molecule has 2 N–H and O–H groups in total. The zero-order valence-electron chi connectivity index (χ0n) is 10.6. The zero-order chi connectivity index (χ0) is 14.7. The van der Waals surface area contributed by atoms with Crippen molar-refractivity contribution in [2.45, 2.75) is 12.5 Å². The second kappa shape index (κ2) is 6.23. The van der Waals surface area contributed by atoms with Crippen LogP contribution in [0.5, 0.6) is 0 Å². The number of rotatable bonds is 3. The molecular formula is C13H14F2N2O2S. The minimum absolute atomic E-state index is 0.0355. The number of nitrogens with two attached hydrogens (primary N) is 1. The van der Waals surface area contributed by atoms with Crippen LogP contribution in [0.25, 0.3) is 0 Å². The van der Waals surface area contributed by atoms with Crippen molar-refractivity contribution in [3.05, 3.63) is 35.4 Å². The molecule has 2 rings (SSSR count). The van der Waals surface area contributed by atoms with Crippen LogP contribution < -0.4 is 5.73 Å². The lowest BCUT2D eigenvalue weighted by atomic mass is 10.1. The Morgan fingerprint density at radius 3 is 2.95 bits per heavy atom. The Morgan fingerprint density at radius 2 is 2.25 bits per heavy atom. The number of thiocarbonyl (C=S) groups is 1. The van der Waals surface area contributed by atoms with Gasteiger partial charge in [-0.2, -0.15) is 0 Å². The van der Waals surface area contributed by atoms with E-state index in [1.54, 1.807) is 0 Å². The van der Waals surface area contributed by atoms with E-state index in [4.69, 9.17) is 22.7 Å². The van der Waals surface area contributed by atoms with Gasteiger partial charge in [-0.15, -0.1) is 0 Å². The first-order valence-electron chi connectivity index (χ1n) is 6.10. The van der Waals surface area contributed by atoms with E-state index in [1.165, 1.54) is 17.0 Å². The highest BCUT2D eigenvalue weighted by Crippen LogP contribution is 2.14. The Morgan fingerprint density at radius 1 is 1.50 bits per heavy atom. The summed E-state index contributed by atoms with van der Waals surface area (Å²) in [4.78, 5) is 13.8. The van der Waals surface area contributed by atoms with Crippen molar-refractivity contribution < 1.29 is 18.3 Å². The second-order valence-corrected chi connectivity index (χ2v) is 4.96. The SMILES string of the molecule is NC(=S)C1CN(C(=O)Cc2cccc(F)c2F)CCO1. The number of hydrogen-bond donors (Lipinski definition) is 1. The van der Waals surface area contributed by atoms with E-state index in [-0.39, 0.29) is 29.4 Å². The maximum Gasteiger partial charge on any atom is 0.227 e. The summed E-state index contributed by atoms with van der Waals surface area (Å²) >= 11 is 4.83. The Hall–Kier alpha value is -1.60. The Kier molecular flexibility index (Phi) is 4.61. The molecule has 0 aliphatic carbocycles. The van der Waals surface area contributed by atoms with E-state index in [9.17, 15) is 13.6 Å². The summed E-state index contributed by atoms with van der Waals surface area (Å²) < 4.78 is 31.9. The van der Waals surface area contributed by atoms with Gasteiger partial charge in [-0.3, -0.25) is 4.79 Å². The van der Waals surface area contributed by atoms with Gasteiger partial charge >= 0.3 is 0 Å². The number of morpholine rings is 1. The molecule has 1 fully saturated rings. The Labute approximate surface area is 120 Å². The highest BCUT2D eigenvalue weighted by atomic mass is 32.1. The summed E-state index contributed by atoms with van der Waals surface area (Å²) in [7, 11) is 0. The smallest absolute Gasteiger partial charge is 0.227 e. The molecule has 1 unspecified atom stereocenters. The quantitative estimate of drug-likeness (QED) is 0.847. The lowest BCUT2D eigenvalue weighted by Gasteiger charge is -2.32. The Bertz CT molecular complexity index is 539. The summed E-state index contributed by atoms with van der Waals surface area (Å²) in [5.74, 6) is -2.25. The van der Waals surface area contributed by atoms with E-state index in [0.717, 1.165) is 6.07 Å². The number of nitrogens with zero attached hydrogens (tertiary/aromatic N) is 1. The molecule has 0 saturated carbocycles. The van der Waals surface area contributed by atoms with Crippen LogP contribution in [-0.2, 0) is 16.0 Å². The molecule has 1 aliphatic heterocycles. The summed E-state index contributed by atoms with van der Waals surface area (Å²) in [5.41, 5.74) is 5.52.